The van der Waals surface area contributed by atoms with Crippen molar-refractivity contribution in [2.75, 3.05) is 25.1 Å². The maximum Gasteiger partial charge on any atom is 0.384 e. The standard InChI is InChI=1S/C13H22NO2Si/c1-3-15-17(4-2)16-12-8-11-14-13-9-6-5-7-10-13/h5-7,9-10,14H,3-4,8,11-12H2,1-2H3. The van der Waals surface area contributed by atoms with Crippen molar-refractivity contribution in [3.05, 3.63) is 30.3 Å². The summed E-state index contributed by atoms with van der Waals surface area (Å²) in [5.41, 5.74) is 1.17. The molecule has 95 valence electrons. The maximum atomic E-state index is 5.71. The molecule has 1 aromatic rings. The number of rotatable bonds is 9. The Morgan fingerprint density at radius 3 is 2.53 bits per heavy atom. The highest BCUT2D eigenvalue weighted by atomic mass is 28.3. The van der Waals surface area contributed by atoms with E-state index in [-0.39, 0.29) is 0 Å². The van der Waals surface area contributed by atoms with E-state index in [4.69, 9.17) is 8.85 Å². The van der Waals surface area contributed by atoms with Crippen LogP contribution in [0, 0.1) is 0 Å². The number of hydrogen-bond donors (Lipinski definition) is 1. The monoisotopic (exact) mass is 252 g/mol. The lowest BCUT2D eigenvalue weighted by atomic mass is 10.3. The predicted molar refractivity (Wildman–Crippen MR) is 73.4 cm³/mol. The van der Waals surface area contributed by atoms with Crippen molar-refractivity contribution in [2.24, 2.45) is 0 Å². The van der Waals surface area contributed by atoms with Crippen LogP contribution in [0.3, 0.4) is 0 Å². The third-order valence-electron chi connectivity index (χ3n) is 2.28. The van der Waals surface area contributed by atoms with Gasteiger partial charge in [0, 0.05) is 25.4 Å². The zero-order valence-corrected chi connectivity index (χ0v) is 11.7. The summed E-state index contributed by atoms with van der Waals surface area (Å²) in [6, 6.07) is 11.2. The minimum atomic E-state index is -1.01. The lowest BCUT2D eigenvalue weighted by Gasteiger charge is -2.12. The number of anilines is 1. The average molecular weight is 252 g/mol. The van der Waals surface area contributed by atoms with Crippen molar-refractivity contribution in [1.29, 1.82) is 0 Å². The number of benzene rings is 1. The molecule has 1 N–H and O–H groups in total. The van der Waals surface area contributed by atoms with Gasteiger partial charge in [0.15, 0.2) is 0 Å². The average Bonchev–Trinajstić information content (AvgIpc) is 2.38. The molecular formula is C13H22NO2Si. The van der Waals surface area contributed by atoms with Crippen LogP contribution in [0.15, 0.2) is 30.3 Å². The fraction of sp³-hybridized carbons (Fsp3) is 0.538. The Kier molecular flexibility index (Phi) is 7.71. The Labute approximate surface area is 106 Å². The molecule has 1 radical (unpaired) electrons. The molecule has 4 heteroatoms. The topological polar surface area (TPSA) is 30.5 Å². The van der Waals surface area contributed by atoms with E-state index in [2.05, 4.69) is 24.4 Å². The summed E-state index contributed by atoms with van der Waals surface area (Å²) in [6.45, 7) is 6.61. The second-order valence-corrected chi connectivity index (χ2v) is 5.68. The van der Waals surface area contributed by atoms with E-state index in [1.807, 2.05) is 25.1 Å². The normalized spacial score (nSPS) is 10.8. The van der Waals surface area contributed by atoms with Crippen LogP contribution in [0.25, 0.3) is 0 Å². The van der Waals surface area contributed by atoms with Crippen LogP contribution in [0.4, 0.5) is 5.69 Å². The molecule has 0 aliphatic carbocycles. The quantitative estimate of drug-likeness (QED) is 0.541. The Morgan fingerprint density at radius 1 is 1.12 bits per heavy atom. The van der Waals surface area contributed by atoms with Crippen molar-refractivity contribution in [1.82, 2.24) is 0 Å². The summed E-state index contributed by atoms with van der Waals surface area (Å²) >= 11 is 0. The zero-order valence-electron chi connectivity index (χ0n) is 10.7. The van der Waals surface area contributed by atoms with Crippen molar-refractivity contribution in [3.63, 3.8) is 0 Å². The largest absolute Gasteiger partial charge is 0.394 e. The van der Waals surface area contributed by atoms with Gasteiger partial charge in [0.05, 0.1) is 0 Å². The summed E-state index contributed by atoms with van der Waals surface area (Å²) in [4.78, 5) is 0. The number of nitrogens with one attached hydrogen (secondary N) is 1. The van der Waals surface area contributed by atoms with Gasteiger partial charge in [-0.15, -0.1) is 0 Å². The van der Waals surface area contributed by atoms with E-state index in [0.717, 1.165) is 32.2 Å². The molecule has 1 rings (SSSR count). The van der Waals surface area contributed by atoms with Gasteiger partial charge >= 0.3 is 9.28 Å². The summed E-state index contributed by atoms with van der Waals surface area (Å²) in [7, 11) is -1.01. The number of hydrogen-bond acceptors (Lipinski definition) is 3. The van der Waals surface area contributed by atoms with Crippen LogP contribution in [0.1, 0.15) is 20.3 Å². The molecule has 0 aliphatic rings. The molecule has 1 aromatic carbocycles. The molecule has 3 nitrogen and oxygen atoms in total. The van der Waals surface area contributed by atoms with Crippen molar-refractivity contribution in [2.45, 2.75) is 26.3 Å². The van der Waals surface area contributed by atoms with Gasteiger partial charge in [-0.3, -0.25) is 0 Å². The van der Waals surface area contributed by atoms with Crippen LogP contribution in [-0.2, 0) is 8.85 Å². The third kappa shape index (κ3) is 6.46. The van der Waals surface area contributed by atoms with Crippen molar-refractivity contribution >= 4 is 15.0 Å². The molecule has 0 atom stereocenters. The van der Waals surface area contributed by atoms with E-state index in [1.54, 1.807) is 0 Å². The van der Waals surface area contributed by atoms with E-state index in [1.165, 1.54) is 5.69 Å². The summed E-state index contributed by atoms with van der Waals surface area (Å²) < 4.78 is 11.2. The van der Waals surface area contributed by atoms with Gasteiger partial charge in [-0.05, 0) is 31.5 Å². The van der Waals surface area contributed by atoms with Crippen molar-refractivity contribution in [3.8, 4) is 0 Å². The minimum absolute atomic E-state index is 0.754. The molecule has 0 saturated carbocycles. The molecule has 0 bridgehead atoms. The third-order valence-corrected chi connectivity index (χ3v) is 4.00. The molecular weight excluding hydrogens is 230 g/mol. The van der Waals surface area contributed by atoms with Gasteiger partial charge in [-0.2, -0.15) is 0 Å². The van der Waals surface area contributed by atoms with Crippen molar-refractivity contribution < 1.29 is 8.85 Å². The predicted octanol–water partition coefficient (Wildman–Crippen LogP) is 3.05. The van der Waals surface area contributed by atoms with E-state index < -0.39 is 9.28 Å². The summed E-state index contributed by atoms with van der Waals surface area (Å²) in [5.74, 6) is 0. The van der Waals surface area contributed by atoms with E-state index >= 15 is 0 Å². The molecule has 0 saturated heterocycles. The van der Waals surface area contributed by atoms with Crippen LogP contribution in [0.5, 0.6) is 0 Å². The highest BCUT2D eigenvalue weighted by Crippen LogP contribution is 2.04. The summed E-state index contributed by atoms with van der Waals surface area (Å²) in [6.07, 6.45) is 1.01. The van der Waals surface area contributed by atoms with Crippen LogP contribution in [0.2, 0.25) is 6.04 Å². The molecule has 0 fully saturated rings. The fourth-order valence-electron chi connectivity index (χ4n) is 1.45. The minimum Gasteiger partial charge on any atom is -0.394 e. The smallest absolute Gasteiger partial charge is 0.384 e. The Bertz CT molecular complexity index is 282. The maximum absolute atomic E-state index is 5.71. The second kappa shape index (κ2) is 9.21. The first kappa shape index (κ1) is 14.2. The first-order chi connectivity index (χ1) is 8.36. The molecule has 0 spiro atoms. The van der Waals surface area contributed by atoms with E-state index in [0.29, 0.717) is 0 Å². The molecule has 0 heterocycles. The first-order valence-electron chi connectivity index (χ1n) is 6.27. The molecule has 0 unspecified atom stereocenters. The second-order valence-electron chi connectivity index (χ2n) is 3.65. The SMILES string of the molecule is CCO[Si](CC)OCCCNc1ccccc1. The molecule has 17 heavy (non-hydrogen) atoms. The zero-order chi connectivity index (χ0) is 12.3. The van der Waals surface area contributed by atoms with Crippen LogP contribution < -0.4 is 5.32 Å². The van der Waals surface area contributed by atoms with Gasteiger partial charge in [-0.25, -0.2) is 0 Å². The Balaban J connectivity index is 2.04. The summed E-state index contributed by atoms with van der Waals surface area (Å²) in [5, 5.41) is 3.36. The van der Waals surface area contributed by atoms with E-state index in [9.17, 15) is 0 Å². The molecule has 0 aromatic heterocycles. The highest BCUT2D eigenvalue weighted by molar-refractivity contribution is 6.44. The Morgan fingerprint density at radius 2 is 1.88 bits per heavy atom. The fourth-order valence-corrected chi connectivity index (χ4v) is 2.64. The van der Waals surface area contributed by atoms with Gasteiger partial charge in [0.25, 0.3) is 0 Å². The Hall–Kier alpha value is -0.843. The van der Waals surface area contributed by atoms with Gasteiger partial charge in [0.1, 0.15) is 0 Å². The lowest BCUT2D eigenvalue weighted by molar-refractivity contribution is 0.205. The van der Waals surface area contributed by atoms with Crippen LogP contribution >= 0.6 is 0 Å². The molecule has 0 amide bonds. The molecule has 0 aliphatic heterocycles. The van der Waals surface area contributed by atoms with Gasteiger partial charge in [-0.1, -0.05) is 25.1 Å². The first-order valence-corrected chi connectivity index (χ1v) is 7.79. The highest BCUT2D eigenvalue weighted by Gasteiger charge is 2.10. The number of para-hydroxylation sites is 1. The lowest BCUT2D eigenvalue weighted by Crippen LogP contribution is -2.23. The van der Waals surface area contributed by atoms with Crippen LogP contribution in [-0.4, -0.2) is 29.0 Å². The van der Waals surface area contributed by atoms with Gasteiger partial charge < -0.3 is 14.2 Å². The van der Waals surface area contributed by atoms with Gasteiger partial charge in [0.2, 0.25) is 0 Å².